The van der Waals surface area contributed by atoms with Gasteiger partial charge in [0.2, 0.25) is 0 Å². The van der Waals surface area contributed by atoms with Crippen LogP contribution in [0, 0.1) is 0 Å². The van der Waals surface area contributed by atoms with Crippen LogP contribution in [0.15, 0.2) is 60.7 Å². The highest BCUT2D eigenvalue weighted by atomic mass is 35.5. The van der Waals surface area contributed by atoms with Gasteiger partial charge in [-0.2, -0.15) is 0 Å². The van der Waals surface area contributed by atoms with Gasteiger partial charge in [0.05, 0.1) is 0 Å². The molecule has 0 bridgehead atoms. The zero-order valence-corrected chi connectivity index (χ0v) is 17.3. The van der Waals surface area contributed by atoms with Gasteiger partial charge in [0.25, 0.3) is 0 Å². The molecule has 2 aromatic rings. The van der Waals surface area contributed by atoms with Crippen LogP contribution >= 0.6 is 11.6 Å². The molecule has 0 aliphatic heterocycles. The molecule has 8 heteroatoms. The molecule has 0 heterocycles. The standard InChI is InChI=1S/C22H24ClNO6/c1-16(23)30-22(27)24-19(21(26)29-15-18-10-6-3-7-11-18)12-13-20(25)28-14-17-8-4-2-5-9-17/h2-11,16,19H,12-15H2,1H3,(H,24,27)/t16?,19-/m0/s1. The number of benzene rings is 2. The van der Waals surface area contributed by atoms with Gasteiger partial charge < -0.3 is 19.5 Å². The Balaban J connectivity index is 1.88. The van der Waals surface area contributed by atoms with Gasteiger partial charge in [0.1, 0.15) is 19.3 Å². The Morgan fingerprint density at radius 3 is 1.97 bits per heavy atom. The summed E-state index contributed by atoms with van der Waals surface area (Å²) in [5.74, 6) is -1.19. The van der Waals surface area contributed by atoms with Crippen LogP contribution in [0.4, 0.5) is 4.79 Å². The molecule has 1 amide bonds. The molecule has 2 atom stereocenters. The molecule has 0 aliphatic carbocycles. The molecule has 0 fully saturated rings. The number of carbonyl (C=O) groups excluding carboxylic acids is 3. The maximum absolute atomic E-state index is 12.5. The number of esters is 2. The van der Waals surface area contributed by atoms with Gasteiger partial charge in [0, 0.05) is 6.42 Å². The predicted octanol–water partition coefficient (Wildman–Crippen LogP) is 3.93. The number of carbonyl (C=O) groups is 3. The number of alkyl halides is 1. The largest absolute Gasteiger partial charge is 0.461 e. The number of hydrogen-bond acceptors (Lipinski definition) is 6. The molecule has 2 aromatic carbocycles. The summed E-state index contributed by atoms with van der Waals surface area (Å²) >= 11 is 5.63. The SMILES string of the molecule is CC(Cl)OC(=O)N[C@@H](CCC(=O)OCc1ccccc1)C(=O)OCc1ccccc1. The highest BCUT2D eigenvalue weighted by Gasteiger charge is 2.25. The van der Waals surface area contributed by atoms with Crippen molar-refractivity contribution in [2.75, 3.05) is 0 Å². The number of alkyl carbamates (subject to hydrolysis) is 1. The van der Waals surface area contributed by atoms with Crippen molar-refractivity contribution in [2.24, 2.45) is 0 Å². The topological polar surface area (TPSA) is 90.9 Å². The van der Waals surface area contributed by atoms with Gasteiger partial charge >= 0.3 is 18.0 Å². The zero-order valence-electron chi connectivity index (χ0n) is 16.6. The fourth-order valence-corrected chi connectivity index (χ4v) is 2.56. The average Bonchev–Trinajstić information content (AvgIpc) is 2.74. The lowest BCUT2D eigenvalue weighted by Crippen LogP contribution is -2.43. The molecule has 0 spiro atoms. The fraction of sp³-hybridized carbons (Fsp3) is 0.318. The Labute approximate surface area is 180 Å². The van der Waals surface area contributed by atoms with E-state index in [-0.39, 0.29) is 26.1 Å². The van der Waals surface area contributed by atoms with E-state index in [4.69, 9.17) is 25.8 Å². The van der Waals surface area contributed by atoms with E-state index in [0.717, 1.165) is 11.1 Å². The van der Waals surface area contributed by atoms with Crippen LogP contribution in [0.2, 0.25) is 0 Å². The summed E-state index contributed by atoms with van der Waals surface area (Å²) in [6, 6.07) is 17.2. The van der Waals surface area contributed by atoms with E-state index in [9.17, 15) is 14.4 Å². The molecule has 7 nitrogen and oxygen atoms in total. The first-order chi connectivity index (χ1) is 14.4. The summed E-state index contributed by atoms with van der Waals surface area (Å²) in [7, 11) is 0. The predicted molar refractivity (Wildman–Crippen MR) is 110 cm³/mol. The van der Waals surface area contributed by atoms with Gasteiger partial charge in [-0.3, -0.25) is 4.79 Å². The Hall–Kier alpha value is -3.06. The van der Waals surface area contributed by atoms with Gasteiger partial charge in [-0.25, -0.2) is 9.59 Å². The van der Waals surface area contributed by atoms with Crippen molar-refractivity contribution in [1.29, 1.82) is 0 Å². The number of nitrogens with one attached hydrogen (secondary N) is 1. The first kappa shape index (κ1) is 23.2. The summed E-state index contributed by atoms with van der Waals surface area (Å²) in [4.78, 5) is 36.4. The Morgan fingerprint density at radius 1 is 0.900 bits per heavy atom. The number of rotatable bonds is 10. The van der Waals surface area contributed by atoms with Crippen LogP contribution in [0.25, 0.3) is 0 Å². The zero-order chi connectivity index (χ0) is 21.8. The lowest BCUT2D eigenvalue weighted by Gasteiger charge is -2.18. The molecule has 30 heavy (non-hydrogen) atoms. The van der Waals surface area contributed by atoms with Gasteiger partial charge in [-0.1, -0.05) is 72.3 Å². The van der Waals surface area contributed by atoms with Crippen LogP contribution in [-0.2, 0) is 37.0 Å². The Kier molecular flexibility index (Phi) is 9.67. The third kappa shape index (κ3) is 8.96. The van der Waals surface area contributed by atoms with Crippen molar-refractivity contribution in [2.45, 2.75) is 44.6 Å². The van der Waals surface area contributed by atoms with Crippen molar-refractivity contribution in [1.82, 2.24) is 5.32 Å². The summed E-state index contributed by atoms with van der Waals surface area (Å²) < 4.78 is 15.3. The molecule has 0 aliphatic rings. The summed E-state index contributed by atoms with van der Waals surface area (Å²) in [5.41, 5.74) is 0.771. The molecule has 0 aromatic heterocycles. The number of halogens is 1. The van der Waals surface area contributed by atoms with Crippen molar-refractivity contribution in [3.8, 4) is 0 Å². The molecular weight excluding hydrogens is 410 g/mol. The van der Waals surface area contributed by atoms with Crippen molar-refractivity contribution < 1.29 is 28.6 Å². The van der Waals surface area contributed by atoms with Crippen LogP contribution in [0.3, 0.4) is 0 Å². The van der Waals surface area contributed by atoms with E-state index in [1.807, 2.05) is 48.5 Å². The second-order valence-corrected chi connectivity index (χ2v) is 7.04. The minimum Gasteiger partial charge on any atom is -0.461 e. The molecular formula is C22H24ClNO6. The maximum Gasteiger partial charge on any atom is 0.409 e. The number of amides is 1. The average molecular weight is 434 g/mol. The van der Waals surface area contributed by atoms with E-state index in [1.165, 1.54) is 6.92 Å². The lowest BCUT2D eigenvalue weighted by molar-refractivity contribution is -0.149. The monoisotopic (exact) mass is 433 g/mol. The second kappa shape index (κ2) is 12.5. The Morgan fingerprint density at radius 2 is 1.43 bits per heavy atom. The van der Waals surface area contributed by atoms with Crippen molar-refractivity contribution in [3.63, 3.8) is 0 Å². The molecule has 0 radical (unpaired) electrons. The van der Waals surface area contributed by atoms with Crippen LogP contribution in [-0.4, -0.2) is 29.6 Å². The molecule has 1 unspecified atom stereocenters. The smallest absolute Gasteiger partial charge is 0.409 e. The number of hydrogen-bond donors (Lipinski definition) is 1. The summed E-state index contributed by atoms with van der Waals surface area (Å²) in [6.07, 6.45) is -0.974. The van der Waals surface area contributed by atoms with E-state index in [2.05, 4.69) is 5.32 Å². The molecule has 0 saturated carbocycles. The first-order valence-electron chi connectivity index (χ1n) is 9.45. The molecule has 2 rings (SSSR count). The van der Waals surface area contributed by atoms with E-state index in [1.54, 1.807) is 12.1 Å². The van der Waals surface area contributed by atoms with Gasteiger partial charge in [-0.15, -0.1) is 0 Å². The minimum atomic E-state index is -1.08. The highest BCUT2D eigenvalue weighted by Crippen LogP contribution is 2.09. The quantitative estimate of drug-likeness (QED) is 0.347. The van der Waals surface area contributed by atoms with Gasteiger partial charge in [-0.05, 0) is 24.5 Å². The summed E-state index contributed by atoms with van der Waals surface area (Å²) in [5, 5.41) is 2.39. The molecule has 0 saturated heterocycles. The third-order valence-electron chi connectivity index (χ3n) is 3.95. The van der Waals surface area contributed by atoms with E-state index in [0.29, 0.717) is 0 Å². The first-order valence-corrected chi connectivity index (χ1v) is 9.89. The lowest BCUT2D eigenvalue weighted by atomic mass is 10.1. The van der Waals surface area contributed by atoms with Crippen LogP contribution < -0.4 is 5.32 Å². The summed E-state index contributed by atoms with van der Waals surface area (Å²) in [6.45, 7) is 1.63. The van der Waals surface area contributed by atoms with Crippen LogP contribution in [0.1, 0.15) is 30.9 Å². The molecule has 1 N–H and O–H groups in total. The van der Waals surface area contributed by atoms with E-state index < -0.39 is 29.6 Å². The Bertz CT molecular complexity index is 813. The third-order valence-corrected chi connectivity index (χ3v) is 4.04. The van der Waals surface area contributed by atoms with E-state index >= 15 is 0 Å². The minimum absolute atomic E-state index is 0.00693. The second-order valence-electron chi connectivity index (χ2n) is 6.42. The fourth-order valence-electron chi connectivity index (χ4n) is 2.47. The van der Waals surface area contributed by atoms with Gasteiger partial charge in [0.15, 0.2) is 5.56 Å². The van der Waals surface area contributed by atoms with Crippen molar-refractivity contribution in [3.05, 3.63) is 71.8 Å². The normalized spacial score (nSPS) is 12.3. The maximum atomic E-state index is 12.5. The molecule has 160 valence electrons. The highest BCUT2D eigenvalue weighted by molar-refractivity contribution is 6.19. The van der Waals surface area contributed by atoms with Crippen LogP contribution in [0.5, 0.6) is 0 Å². The van der Waals surface area contributed by atoms with Crippen molar-refractivity contribution >= 4 is 29.6 Å². The number of ether oxygens (including phenoxy) is 3.